The fraction of sp³-hybridized carbons (Fsp3) is 0.667. The van der Waals surface area contributed by atoms with Crippen LogP contribution in [0.4, 0.5) is 0 Å². The zero-order valence-corrected chi connectivity index (χ0v) is 7.61. The third-order valence-electron chi connectivity index (χ3n) is 1.37. The lowest BCUT2D eigenvalue weighted by molar-refractivity contribution is -0.116. The van der Waals surface area contributed by atoms with Crippen LogP contribution in [0.1, 0.15) is 33.6 Å². The van der Waals surface area contributed by atoms with Gasteiger partial charge < -0.3 is 5.32 Å². The first-order valence-corrected chi connectivity index (χ1v) is 4.15. The van der Waals surface area contributed by atoms with Crippen molar-refractivity contribution in [2.45, 2.75) is 33.6 Å². The van der Waals surface area contributed by atoms with Crippen LogP contribution in [0.5, 0.6) is 0 Å². The van der Waals surface area contributed by atoms with Gasteiger partial charge in [-0.05, 0) is 20.3 Å². The zero-order valence-electron chi connectivity index (χ0n) is 7.61. The molecule has 0 aliphatic heterocycles. The minimum Gasteiger partial charge on any atom is -0.353 e. The number of hydrogen-bond acceptors (Lipinski definition) is 1. The third kappa shape index (κ3) is 5.64. The van der Waals surface area contributed by atoms with Gasteiger partial charge in [0.2, 0.25) is 5.91 Å². The molecule has 0 saturated carbocycles. The van der Waals surface area contributed by atoms with Gasteiger partial charge in [0.1, 0.15) is 0 Å². The van der Waals surface area contributed by atoms with Crippen LogP contribution in [0.3, 0.4) is 0 Å². The molecule has 64 valence electrons. The molecule has 0 aromatic heterocycles. The van der Waals surface area contributed by atoms with Crippen LogP contribution in [0.15, 0.2) is 11.6 Å². The summed E-state index contributed by atoms with van der Waals surface area (Å²) < 4.78 is 0. The van der Waals surface area contributed by atoms with E-state index in [0.29, 0.717) is 6.54 Å². The van der Waals surface area contributed by atoms with Crippen molar-refractivity contribution in [3.8, 4) is 0 Å². The fourth-order valence-electron chi connectivity index (χ4n) is 0.916. The van der Waals surface area contributed by atoms with E-state index >= 15 is 0 Å². The van der Waals surface area contributed by atoms with Crippen molar-refractivity contribution in [3.63, 3.8) is 0 Å². The van der Waals surface area contributed by atoms with Crippen molar-refractivity contribution in [2.75, 3.05) is 6.54 Å². The smallest absolute Gasteiger partial charge is 0.243 e. The number of carbonyl (C=O) groups is 1. The maximum atomic E-state index is 10.9. The molecule has 1 amide bonds. The lowest BCUT2D eigenvalue weighted by atomic mass is 10.1. The molecule has 0 radical (unpaired) electrons. The number of allylic oxidation sites excluding steroid dienone is 1. The molecule has 0 aliphatic rings. The molecule has 0 heterocycles. The van der Waals surface area contributed by atoms with Gasteiger partial charge in [-0.3, -0.25) is 4.79 Å². The second-order valence-electron chi connectivity index (χ2n) is 2.64. The number of amides is 1. The van der Waals surface area contributed by atoms with Gasteiger partial charge in [-0.25, -0.2) is 0 Å². The lowest BCUT2D eigenvalue weighted by Gasteiger charge is -1.98. The topological polar surface area (TPSA) is 29.1 Å². The number of rotatable bonds is 4. The molecule has 0 aliphatic carbocycles. The molecular weight excluding hydrogens is 138 g/mol. The Balaban J connectivity index is 3.76. The predicted octanol–water partition coefficient (Wildman–Crippen LogP) is 1.87. The standard InChI is InChI=1S/C9H17NO/c1-4-6-8(3)7-9(11)10-5-2/h7H,4-6H2,1-3H3,(H,10,11)/b8-7+. The number of likely N-dealkylation sites (N-methyl/N-ethyl adjacent to an activating group) is 1. The van der Waals surface area contributed by atoms with Crippen molar-refractivity contribution >= 4 is 5.91 Å². The van der Waals surface area contributed by atoms with Crippen molar-refractivity contribution in [2.24, 2.45) is 0 Å². The number of hydrogen-bond donors (Lipinski definition) is 1. The van der Waals surface area contributed by atoms with Gasteiger partial charge in [0.05, 0.1) is 0 Å². The Morgan fingerprint density at radius 3 is 2.55 bits per heavy atom. The van der Waals surface area contributed by atoms with E-state index in [4.69, 9.17) is 0 Å². The summed E-state index contributed by atoms with van der Waals surface area (Å²) >= 11 is 0. The molecule has 0 spiro atoms. The highest BCUT2D eigenvalue weighted by molar-refractivity contribution is 5.88. The van der Waals surface area contributed by atoms with E-state index in [0.717, 1.165) is 18.4 Å². The molecular formula is C9H17NO. The van der Waals surface area contributed by atoms with Crippen LogP contribution in [-0.4, -0.2) is 12.5 Å². The Hall–Kier alpha value is -0.790. The summed E-state index contributed by atoms with van der Waals surface area (Å²) in [5.74, 6) is 0.0263. The summed E-state index contributed by atoms with van der Waals surface area (Å²) in [5.41, 5.74) is 1.15. The second-order valence-corrected chi connectivity index (χ2v) is 2.64. The van der Waals surface area contributed by atoms with Crippen molar-refractivity contribution in [1.29, 1.82) is 0 Å². The Labute approximate surface area is 68.7 Å². The van der Waals surface area contributed by atoms with Crippen LogP contribution < -0.4 is 5.32 Å². The van der Waals surface area contributed by atoms with E-state index in [2.05, 4.69) is 12.2 Å². The van der Waals surface area contributed by atoms with Gasteiger partial charge in [0, 0.05) is 12.6 Å². The Bertz CT molecular complexity index is 150. The zero-order chi connectivity index (χ0) is 8.69. The highest BCUT2D eigenvalue weighted by Crippen LogP contribution is 2.01. The summed E-state index contributed by atoms with van der Waals surface area (Å²) in [6.45, 7) is 6.71. The highest BCUT2D eigenvalue weighted by Gasteiger charge is 1.93. The molecule has 0 saturated heterocycles. The first-order valence-electron chi connectivity index (χ1n) is 4.15. The normalized spacial score (nSPS) is 11.4. The van der Waals surface area contributed by atoms with E-state index in [-0.39, 0.29) is 5.91 Å². The molecule has 0 aromatic rings. The Morgan fingerprint density at radius 2 is 2.09 bits per heavy atom. The molecule has 0 unspecified atom stereocenters. The van der Waals surface area contributed by atoms with Gasteiger partial charge in [-0.2, -0.15) is 0 Å². The molecule has 0 aromatic carbocycles. The van der Waals surface area contributed by atoms with Gasteiger partial charge in [0.15, 0.2) is 0 Å². The van der Waals surface area contributed by atoms with Crippen molar-refractivity contribution in [3.05, 3.63) is 11.6 Å². The first kappa shape index (κ1) is 10.2. The molecule has 2 nitrogen and oxygen atoms in total. The largest absolute Gasteiger partial charge is 0.353 e. The average molecular weight is 155 g/mol. The summed E-state index contributed by atoms with van der Waals surface area (Å²) in [6.07, 6.45) is 3.78. The van der Waals surface area contributed by atoms with E-state index in [1.807, 2.05) is 13.8 Å². The third-order valence-corrected chi connectivity index (χ3v) is 1.37. The molecule has 0 atom stereocenters. The van der Waals surface area contributed by atoms with Gasteiger partial charge >= 0.3 is 0 Å². The first-order chi connectivity index (χ1) is 5.20. The lowest BCUT2D eigenvalue weighted by Crippen LogP contribution is -2.20. The molecule has 2 heteroatoms. The maximum absolute atomic E-state index is 10.9. The summed E-state index contributed by atoms with van der Waals surface area (Å²) in [7, 11) is 0. The molecule has 1 N–H and O–H groups in total. The number of carbonyl (C=O) groups excluding carboxylic acids is 1. The second kappa shape index (κ2) is 5.96. The molecule has 0 rings (SSSR count). The van der Waals surface area contributed by atoms with Gasteiger partial charge in [-0.15, -0.1) is 0 Å². The van der Waals surface area contributed by atoms with Gasteiger partial charge in [-0.1, -0.05) is 18.9 Å². The van der Waals surface area contributed by atoms with Crippen molar-refractivity contribution in [1.82, 2.24) is 5.32 Å². The van der Waals surface area contributed by atoms with Crippen LogP contribution >= 0.6 is 0 Å². The van der Waals surface area contributed by atoms with Gasteiger partial charge in [0.25, 0.3) is 0 Å². The van der Waals surface area contributed by atoms with Crippen LogP contribution in [0.2, 0.25) is 0 Å². The summed E-state index contributed by atoms with van der Waals surface area (Å²) in [4.78, 5) is 10.9. The monoisotopic (exact) mass is 155 g/mol. The number of nitrogens with one attached hydrogen (secondary N) is 1. The van der Waals surface area contributed by atoms with Crippen LogP contribution in [0, 0.1) is 0 Å². The molecule has 0 fully saturated rings. The van der Waals surface area contributed by atoms with E-state index < -0.39 is 0 Å². The van der Waals surface area contributed by atoms with E-state index in [1.165, 1.54) is 0 Å². The quantitative estimate of drug-likeness (QED) is 0.617. The maximum Gasteiger partial charge on any atom is 0.243 e. The van der Waals surface area contributed by atoms with Crippen LogP contribution in [-0.2, 0) is 4.79 Å². The van der Waals surface area contributed by atoms with Crippen LogP contribution in [0.25, 0.3) is 0 Å². The summed E-state index contributed by atoms with van der Waals surface area (Å²) in [5, 5.41) is 2.72. The van der Waals surface area contributed by atoms with Crippen molar-refractivity contribution < 1.29 is 4.79 Å². The average Bonchev–Trinajstić information content (AvgIpc) is 1.87. The molecule has 0 bridgehead atoms. The summed E-state index contributed by atoms with van der Waals surface area (Å²) in [6, 6.07) is 0. The minimum absolute atomic E-state index is 0.0263. The Morgan fingerprint density at radius 1 is 1.45 bits per heavy atom. The SMILES string of the molecule is CCC/C(C)=C/C(=O)NCC. The van der Waals surface area contributed by atoms with E-state index in [9.17, 15) is 4.79 Å². The highest BCUT2D eigenvalue weighted by atomic mass is 16.1. The Kier molecular flexibility index (Phi) is 5.53. The predicted molar refractivity (Wildman–Crippen MR) is 47.3 cm³/mol. The van der Waals surface area contributed by atoms with E-state index in [1.54, 1.807) is 6.08 Å². The fourth-order valence-corrected chi connectivity index (χ4v) is 0.916. The molecule has 11 heavy (non-hydrogen) atoms. The minimum atomic E-state index is 0.0263.